The highest BCUT2D eigenvalue weighted by atomic mass is 35.7. The Bertz CT molecular complexity index is 568. The SMILES string of the molecule is CC(=O)c1cc(C(F)(F)F)nc(S(=O)(=O)Cl)c1. The molecule has 0 bridgehead atoms. The van der Waals surface area contributed by atoms with E-state index in [1.54, 1.807) is 0 Å². The predicted octanol–water partition coefficient (Wildman–Crippen LogP) is 2.23. The second kappa shape index (κ2) is 4.26. The number of aromatic nitrogens is 1. The lowest BCUT2D eigenvalue weighted by Crippen LogP contribution is -2.12. The molecule has 94 valence electrons. The van der Waals surface area contributed by atoms with Crippen LogP contribution in [0.4, 0.5) is 13.2 Å². The lowest BCUT2D eigenvalue weighted by molar-refractivity contribution is -0.141. The maximum Gasteiger partial charge on any atom is 0.433 e. The molecule has 0 N–H and O–H groups in total. The summed E-state index contributed by atoms with van der Waals surface area (Å²) in [6.45, 7) is 1.00. The van der Waals surface area contributed by atoms with E-state index in [2.05, 4.69) is 4.98 Å². The van der Waals surface area contributed by atoms with Crippen LogP contribution in [0.2, 0.25) is 0 Å². The molecule has 0 aromatic carbocycles. The minimum absolute atomic E-state index is 0.424. The first-order chi connectivity index (χ1) is 7.51. The van der Waals surface area contributed by atoms with E-state index in [1.165, 1.54) is 0 Å². The summed E-state index contributed by atoms with van der Waals surface area (Å²) in [6, 6.07) is 1.16. The molecule has 1 rings (SSSR count). The number of hydrogen-bond donors (Lipinski definition) is 0. The number of carbonyl (C=O) groups excluding carboxylic acids is 1. The van der Waals surface area contributed by atoms with Crippen molar-refractivity contribution in [1.29, 1.82) is 0 Å². The van der Waals surface area contributed by atoms with Crippen LogP contribution in [0.15, 0.2) is 17.2 Å². The molecule has 1 heterocycles. The van der Waals surface area contributed by atoms with Gasteiger partial charge in [-0.3, -0.25) is 4.79 Å². The van der Waals surface area contributed by atoms with Gasteiger partial charge in [0.2, 0.25) is 0 Å². The van der Waals surface area contributed by atoms with Crippen molar-refractivity contribution in [2.75, 3.05) is 0 Å². The molecule has 0 amide bonds. The van der Waals surface area contributed by atoms with E-state index in [-0.39, 0.29) is 0 Å². The lowest BCUT2D eigenvalue weighted by Gasteiger charge is -2.08. The Balaban J connectivity index is 3.56. The van der Waals surface area contributed by atoms with Crippen molar-refractivity contribution in [3.8, 4) is 0 Å². The molecule has 0 saturated carbocycles. The average molecular weight is 288 g/mol. The van der Waals surface area contributed by atoms with Crippen LogP contribution >= 0.6 is 10.7 Å². The molecule has 1 aromatic rings. The molecular formula is C8H5ClF3NO3S. The molecule has 17 heavy (non-hydrogen) atoms. The van der Waals surface area contributed by atoms with Crippen LogP contribution in [0.25, 0.3) is 0 Å². The van der Waals surface area contributed by atoms with Gasteiger partial charge in [0.05, 0.1) is 0 Å². The van der Waals surface area contributed by atoms with Gasteiger partial charge in [0.1, 0.15) is 5.69 Å². The van der Waals surface area contributed by atoms with E-state index in [0.717, 1.165) is 6.92 Å². The van der Waals surface area contributed by atoms with E-state index >= 15 is 0 Å². The van der Waals surface area contributed by atoms with Gasteiger partial charge in [-0.1, -0.05) is 0 Å². The van der Waals surface area contributed by atoms with Crippen molar-refractivity contribution in [2.24, 2.45) is 0 Å². The summed E-state index contributed by atoms with van der Waals surface area (Å²) >= 11 is 0. The summed E-state index contributed by atoms with van der Waals surface area (Å²) in [4.78, 5) is 13.8. The van der Waals surface area contributed by atoms with Crippen molar-refractivity contribution in [2.45, 2.75) is 18.1 Å². The summed E-state index contributed by atoms with van der Waals surface area (Å²) in [5.74, 6) is -0.723. The first kappa shape index (κ1) is 13.9. The smallest absolute Gasteiger partial charge is 0.295 e. The third-order valence-electron chi connectivity index (χ3n) is 1.75. The van der Waals surface area contributed by atoms with Crippen LogP contribution in [0.1, 0.15) is 23.0 Å². The fourth-order valence-corrected chi connectivity index (χ4v) is 1.69. The third kappa shape index (κ3) is 3.40. The molecular weight excluding hydrogens is 283 g/mol. The van der Waals surface area contributed by atoms with Gasteiger partial charge in [0.15, 0.2) is 10.8 Å². The summed E-state index contributed by atoms with van der Waals surface area (Å²) in [7, 11) is 0.456. The number of rotatable bonds is 2. The van der Waals surface area contributed by atoms with Crippen molar-refractivity contribution >= 4 is 25.5 Å². The Morgan fingerprint density at radius 2 is 1.88 bits per heavy atom. The van der Waals surface area contributed by atoms with Crippen molar-refractivity contribution in [3.05, 3.63) is 23.4 Å². The Morgan fingerprint density at radius 1 is 1.35 bits per heavy atom. The van der Waals surface area contributed by atoms with Crippen LogP contribution in [-0.4, -0.2) is 19.2 Å². The van der Waals surface area contributed by atoms with Crippen LogP contribution < -0.4 is 0 Å². The topological polar surface area (TPSA) is 64.1 Å². The van der Waals surface area contributed by atoms with E-state index in [4.69, 9.17) is 10.7 Å². The largest absolute Gasteiger partial charge is 0.433 e. The highest BCUT2D eigenvalue weighted by molar-refractivity contribution is 8.13. The zero-order valence-electron chi connectivity index (χ0n) is 8.25. The van der Waals surface area contributed by atoms with Crippen molar-refractivity contribution in [3.63, 3.8) is 0 Å². The highest BCUT2D eigenvalue weighted by Crippen LogP contribution is 2.30. The molecule has 0 saturated heterocycles. The summed E-state index contributed by atoms with van der Waals surface area (Å²) in [5.41, 5.74) is -1.91. The quantitative estimate of drug-likeness (QED) is 0.618. The fraction of sp³-hybridized carbons (Fsp3) is 0.250. The summed E-state index contributed by atoms with van der Waals surface area (Å²) < 4.78 is 59.0. The van der Waals surface area contributed by atoms with Gasteiger partial charge in [-0.25, -0.2) is 13.4 Å². The fourth-order valence-electron chi connectivity index (χ4n) is 0.979. The lowest BCUT2D eigenvalue weighted by atomic mass is 10.1. The number of ketones is 1. The number of pyridine rings is 1. The van der Waals surface area contributed by atoms with E-state index < -0.39 is 37.3 Å². The Hall–Kier alpha value is -1.15. The van der Waals surface area contributed by atoms with Crippen LogP contribution in [0.3, 0.4) is 0 Å². The molecule has 0 fully saturated rings. The molecule has 0 aliphatic heterocycles. The van der Waals surface area contributed by atoms with Gasteiger partial charge < -0.3 is 0 Å². The van der Waals surface area contributed by atoms with Gasteiger partial charge in [0.25, 0.3) is 9.05 Å². The second-order valence-corrected chi connectivity index (χ2v) is 5.58. The van der Waals surface area contributed by atoms with Gasteiger partial charge in [-0.15, -0.1) is 0 Å². The van der Waals surface area contributed by atoms with Gasteiger partial charge in [-0.2, -0.15) is 13.2 Å². The molecule has 0 aliphatic rings. The van der Waals surface area contributed by atoms with E-state index in [1.807, 2.05) is 0 Å². The average Bonchev–Trinajstić information content (AvgIpc) is 2.14. The number of nitrogens with zero attached hydrogens (tertiary/aromatic N) is 1. The van der Waals surface area contributed by atoms with Crippen molar-refractivity contribution < 1.29 is 26.4 Å². The first-order valence-corrected chi connectivity index (χ1v) is 6.37. The maximum atomic E-state index is 12.4. The molecule has 0 spiro atoms. The monoisotopic (exact) mass is 287 g/mol. The van der Waals surface area contributed by atoms with E-state index in [0.29, 0.717) is 12.1 Å². The molecule has 4 nitrogen and oxygen atoms in total. The highest BCUT2D eigenvalue weighted by Gasteiger charge is 2.34. The third-order valence-corrected chi connectivity index (χ3v) is 2.93. The zero-order valence-corrected chi connectivity index (χ0v) is 9.82. The molecule has 0 aliphatic carbocycles. The van der Waals surface area contributed by atoms with Crippen LogP contribution in [0.5, 0.6) is 0 Å². The summed E-state index contributed by atoms with van der Waals surface area (Å²) in [6.07, 6.45) is -4.86. The molecule has 9 heteroatoms. The van der Waals surface area contributed by atoms with Gasteiger partial charge in [-0.05, 0) is 19.1 Å². The number of carbonyl (C=O) groups is 1. The van der Waals surface area contributed by atoms with Crippen LogP contribution in [0, 0.1) is 0 Å². The van der Waals surface area contributed by atoms with Crippen molar-refractivity contribution in [1.82, 2.24) is 4.98 Å². The zero-order chi connectivity index (χ0) is 13.4. The minimum Gasteiger partial charge on any atom is -0.295 e. The minimum atomic E-state index is -4.86. The Labute approximate surface area is 98.8 Å². The first-order valence-electron chi connectivity index (χ1n) is 4.06. The number of hydrogen-bond acceptors (Lipinski definition) is 4. The summed E-state index contributed by atoms with van der Waals surface area (Å²) in [5, 5.41) is -1.00. The van der Waals surface area contributed by atoms with Crippen LogP contribution in [-0.2, 0) is 15.2 Å². The normalized spacial score (nSPS) is 12.5. The van der Waals surface area contributed by atoms with Gasteiger partial charge >= 0.3 is 6.18 Å². The standard InChI is InChI=1S/C8H5ClF3NO3S/c1-4(14)5-2-6(8(10,11)12)13-7(3-5)17(9,15)16/h2-3H,1H3. The Morgan fingerprint density at radius 3 is 2.24 bits per heavy atom. The predicted molar refractivity (Wildman–Crippen MR) is 52.3 cm³/mol. The van der Waals surface area contributed by atoms with Gasteiger partial charge in [0, 0.05) is 16.2 Å². The molecule has 1 aromatic heterocycles. The maximum absolute atomic E-state index is 12.4. The Kier molecular flexibility index (Phi) is 3.49. The molecule has 0 radical (unpaired) electrons. The molecule has 0 atom stereocenters. The number of alkyl halides is 3. The number of Topliss-reactive ketones (excluding diaryl/α,β-unsaturated/α-hetero) is 1. The second-order valence-electron chi connectivity index (χ2n) is 3.07. The van der Waals surface area contributed by atoms with E-state index in [9.17, 15) is 26.4 Å². The molecule has 0 unspecified atom stereocenters. The number of halogens is 4.